The van der Waals surface area contributed by atoms with Crippen LogP contribution in [0.25, 0.3) is 0 Å². The largest absolute Gasteiger partial charge is 0.492 e. The fourth-order valence-corrected chi connectivity index (χ4v) is 3.75. The average molecular weight is 298 g/mol. The molecule has 0 aliphatic carbocycles. The Morgan fingerprint density at radius 2 is 1.80 bits per heavy atom. The maximum atomic E-state index is 12.4. The molecule has 2 rings (SSSR count). The van der Waals surface area contributed by atoms with E-state index < -0.39 is 10.0 Å². The fourth-order valence-electron chi connectivity index (χ4n) is 2.23. The first-order valence-corrected chi connectivity index (χ1v) is 8.46. The van der Waals surface area contributed by atoms with Crippen molar-refractivity contribution in [2.45, 2.75) is 24.2 Å². The van der Waals surface area contributed by atoms with E-state index in [-0.39, 0.29) is 0 Å². The molecule has 1 fully saturated rings. The van der Waals surface area contributed by atoms with Crippen LogP contribution in [-0.4, -0.2) is 46.0 Å². The van der Waals surface area contributed by atoms with Crippen LogP contribution in [0.4, 0.5) is 0 Å². The summed E-state index contributed by atoms with van der Waals surface area (Å²) in [6.45, 7) is 2.58. The summed E-state index contributed by atoms with van der Waals surface area (Å²) >= 11 is 0. The molecule has 0 aromatic heterocycles. The lowest BCUT2D eigenvalue weighted by Crippen LogP contribution is -2.35. The third kappa shape index (κ3) is 3.71. The van der Waals surface area contributed by atoms with Crippen LogP contribution in [0.15, 0.2) is 29.2 Å². The maximum Gasteiger partial charge on any atom is 0.243 e. The molecule has 0 amide bonds. The van der Waals surface area contributed by atoms with E-state index in [4.69, 9.17) is 4.74 Å². The summed E-state index contributed by atoms with van der Waals surface area (Å²) in [5.74, 6) is 0.692. The number of ether oxygens (including phenoxy) is 1. The molecule has 1 heterocycles. The van der Waals surface area contributed by atoms with E-state index in [2.05, 4.69) is 5.32 Å². The van der Waals surface area contributed by atoms with Gasteiger partial charge in [0, 0.05) is 19.6 Å². The zero-order valence-electron chi connectivity index (χ0n) is 11.8. The highest BCUT2D eigenvalue weighted by atomic mass is 32.2. The van der Waals surface area contributed by atoms with Crippen LogP contribution in [0.5, 0.6) is 5.75 Å². The number of rotatable bonds is 6. The minimum atomic E-state index is -3.34. The lowest BCUT2D eigenvalue weighted by molar-refractivity contribution is 0.318. The highest BCUT2D eigenvalue weighted by Crippen LogP contribution is 2.22. The molecule has 5 nitrogen and oxygen atoms in total. The van der Waals surface area contributed by atoms with Gasteiger partial charge in [-0.25, -0.2) is 8.42 Å². The van der Waals surface area contributed by atoms with Gasteiger partial charge in [0.25, 0.3) is 0 Å². The molecule has 1 aliphatic heterocycles. The molecule has 1 saturated heterocycles. The van der Waals surface area contributed by atoms with Crippen LogP contribution in [-0.2, 0) is 10.0 Å². The van der Waals surface area contributed by atoms with Crippen molar-refractivity contribution >= 4 is 10.0 Å². The van der Waals surface area contributed by atoms with Gasteiger partial charge in [-0.15, -0.1) is 0 Å². The van der Waals surface area contributed by atoms with Gasteiger partial charge in [0.15, 0.2) is 0 Å². The van der Waals surface area contributed by atoms with Crippen molar-refractivity contribution in [3.63, 3.8) is 0 Å². The second-order valence-electron chi connectivity index (χ2n) is 4.89. The molecule has 0 bridgehead atoms. The number of nitrogens with one attached hydrogen (secondary N) is 1. The molecule has 1 aliphatic rings. The van der Waals surface area contributed by atoms with Gasteiger partial charge in [0.05, 0.1) is 4.90 Å². The smallest absolute Gasteiger partial charge is 0.243 e. The highest BCUT2D eigenvalue weighted by Gasteiger charge is 2.25. The molecular formula is C14H22N2O3S. The first-order chi connectivity index (χ1) is 9.64. The maximum absolute atomic E-state index is 12.4. The normalized spacial score (nSPS) is 17.1. The molecule has 0 spiro atoms. The van der Waals surface area contributed by atoms with Crippen molar-refractivity contribution in [2.75, 3.05) is 33.3 Å². The summed E-state index contributed by atoms with van der Waals surface area (Å²) in [7, 11) is -1.48. The fraction of sp³-hybridized carbons (Fsp3) is 0.571. The first-order valence-electron chi connectivity index (χ1n) is 7.02. The molecular weight excluding hydrogens is 276 g/mol. The molecule has 20 heavy (non-hydrogen) atoms. The monoisotopic (exact) mass is 298 g/mol. The van der Waals surface area contributed by atoms with Crippen molar-refractivity contribution in [1.82, 2.24) is 9.62 Å². The summed E-state index contributed by atoms with van der Waals surface area (Å²) in [4.78, 5) is 0.348. The van der Waals surface area contributed by atoms with Crippen molar-refractivity contribution in [3.05, 3.63) is 24.3 Å². The summed E-state index contributed by atoms with van der Waals surface area (Å²) in [5.41, 5.74) is 0. The molecule has 6 heteroatoms. The summed E-state index contributed by atoms with van der Waals surface area (Å²) in [5, 5.41) is 2.99. The third-order valence-corrected chi connectivity index (χ3v) is 5.31. The number of nitrogens with zero attached hydrogens (tertiary/aromatic N) is 1. The van der Waals surface area contributed by atoms with E-state index in [0.29, 0.717) is 30.3 Å². The quantitative estimate of drug-likeness (QED) is 0.808. The van der Waals surface area contributed by atoms with E-state index in [9.17, 15) is 8.42 Å². The first kappa shape index (κ1) is 15.3. The Morgan fingerprint density at radius 3 is 2.40 bits per heavy atom. The lowest BCUT2D eigenvalue weighted by Gasteiger charge is -2.25. The molecule has 112 valence electrons. The van der Waals surface area contributed by atoms with E-state index in [1.165, 1.54) is 0 Å². The van der Waals surface area contributed by atoms with Crippen LogP contribution in [0.1, 0.15) is 19.3 Å². The van der Waals surface area contributed by atoms with Crippen molar-refractivity contribution < 1.29 is 13.2 Å². The lowest BCUT2D eigenvalue weighted by atomic mass is 10.2. The Balaban J connectivity index is 2.04. The molecule has 0 atom stereocenters. The van der Waals surface area contributed by atoms with Gasteiger partial charge in [0.2, 0.25) is 10.0 Å². The second kappa shape index (κ2) is 7.06. The molecule has 0 unspecified atom stereocenters. The predicted octanol–water partition coefficient (Wildman–Crippen LogP) is 1.46. The van der Waals surface area contributed by atoms with Crippen LogP contribution >= 0.6 is 0 Å². The number of piperidine rings is 1. The van der Waals surface area contributed by atoms with E-state index in [1.807, 2.05) is 7.05 Å². The molecule has 1 aromatic carbocycles. The van der Waals surface area contributed by atoms with Gasteiger partial charge >= 0.3 is 0 Å². The van der Waals surface area contributed by atoms with Gasteiger partial charge in [-0.05, 0) is 44.2 Å². The topological polar surface area (TPSA) is 58.6 Å². The summed E-state index contributed by atoms with van der Waals surface area (Å²) in [6.07, 6.45) is 3.01. The minimum Gasteiger partial charge on any atom is -0.492 e. The highest BCUT2D eigenvalue weighted by molar-refractivity contribution is 7.89. The number of likely N-dealkylation sites (N-methyl/N-ethyl adjacent to an activating group) is 1. The molecule has 0 saturated carbocycles. The Morgan fingerprint density at radius 1 is 1.15 bits per heavy atom. The SMILES string of the molecule is CNCCOc1ccc(S(=O)(=O)N2CCCCC2)cc1. The van der Waals surface area contributed by atoms with Crippen molar-refractivity contribution in [3.8, 4) is 5.75 Å². The Labute approximate surface area is 121 Å². The van der Waals surface area contributed by atoms with Gasteiger partial charge in [-0.1, -0.05) is 6.42 Å². The number of benzene rings is 1. The zero-order valence-corrected chi connectivity index (χ0v) is 12.7. The van der Waals surface area contributed by atoms with Gasteiger partial charge < -0.3 is 10.1 Å². The Kier molecular flexibility index (Phi) is 5.39. The third-order valence-electron chi connectivity index (χ3n) is 3.40. The van der Waals surface area contributed by atoms with E-state index >= 15 is 0 Å². The van der Waals surface area contributed by atoms with Crippen LogP contribution in [0, 0.1) is 0 Å². The van der Waals surface area contributed by atoms with Crippen LogP contribution < -0.4 is 10.1 Å². The number of hydrogen-bond donors (Lipinski definition) is 1. The number of sulfonamides is 1. The van der Waals surface area contributed by atoms with E-state index in [0.717, 1.165) is 25.8 Å². The van der Waals surface area contributed by atoms with Crippen LogP contribution in [0.2, 0.25) is 0 Å². The summed E-state index contributed by atoms with van der Waals surface area (Å²) in [6, 6.07) is 6.68. The van der Waals surface area contributed by atoms with Gasteiger partial charge in [-0.3, -0.25) is 0 Å². The number of hydrogen-bond acceptors (Lipinski definition) is 4. The standard InChI is InChI=1S/C14H22N2O3S/c1-15-9-12-19-13-5-7-14(8-6-13)20(17,18)16-10-3-2-4-11-16/h5-8,15H,2-4,9-12H2,1H3. The predicted molar refractivity (Wildman–Crippen MR) is 78.5 cm³/mol. The minimum absolute atomic E-state index is 0.348. The second-order valence-corrected chi connectivity index (χ2v) is 6.83. The molecule has 1 N–H and O–H groups in total. The van der Waals surface area contributed by atoms with E-state index in [1.54, 1.807) is 28.6 Å². The zero-order chi connectivity index (χ0) is 14.4. The van der Waals surface area contributed by atoms with Gasteiger partial charge in [0.1, 0.15) is 12.4 Å². The van der Waals surface area contributed by atoms with Crippen molar-refractivity contribution in [1.29, 1.82) is 0 Å². The Bertz CT molecular complexity index is 508. The van der Waals surface area contributed by atoms with Gasteiger partial charge in [-0.2, -0.15) is 4.31 Å². The Hall–Kier alpha value is -1.11. The average Bonchev–Trinajstić information content (AvgIpc) is 2.49. The summed E-state index contributed by atoms with van der Waals surface area (Å²) < 4.78 is 31.9. The van der Waals surface area contributed by atoms with Crippen LogP contribution in [0.3, 0.4) is 0 Å². The van der Waals surface area contributed by atoms with Crippen molar-refractivity contribution in [2.24, 2.45) is 0 Å². The molecule has 0 radical (unpaired) electrons. The molecule has 1 aromatic rings.